The van der Waals surface area contributed by atoms with Gasteiger partial charge in [0.1, 0.15) is 5.75 Å². The van der Waals surface area contributed by atoms with Crippen LogP contribution in [0.1, 0.15) is 49.7 Å². The molecule has 1 aliphatic carbocycles. The second-order valence-corrected chi connectivity index (χ2v) is 6.25. The maximum Gasteiger partial charge on any atom is 0.391 e. The van der Waals surface area contributed by atoms with Crippen molar-refractivity contribution in [2.24, 2.45) is 5.92 Å². The summed E-state index contributed by atoms with van der Waals surface area (Å²) in [5.74, 6) is -1.98. The van der Waals surface area contributed by atoms with Gasteiger partial charge in [-0.2, -0.15) is 13.2 Å². The third-order valence-electron chi connectivity index (χ3n) is 4.56. The fourth-order valence-electron chi connectivity index (χ4n) is 3.29. The Morgan fingerprint density at radius 1 is 1.24 bits per heavy atom. The fraction of sp³-hybridized carbons (Fsp3) is 0.611. The Kier molecular flexibility index (Phi) is 6.70. The standard InChI is InChI=1S/C18H23F3O4/c1-2-24-10-13-4-3-5-15(17(13)25-11-16(22)23)12-6-8-14(9-7-12)18(19,20)21/h3-5,12,14H,2,6-11H2,1H3,(H,22,23). The van der Waals surface area contributed by atoms with Crippen molar-refractivity contribution in [3.05, 3.63) is 29.3 Å². The first-order valence-corrected chi connectivity index (χ1v) is 8.43. The number of carboxylic acid groups (broad SMARTS) is 1. The Labute approximate surface area is 144 Å². The zero-order valence-corrected chi connectivity index (χ0v) is 14.1. The highest BCUT2D eigenvalue weighted by atomic mass is 19.4. The molecule has 0 amide bonds. The van der Waals surface area contributed by atoms with Crippen LogP contribution in [0.5, 0.6) is 5.75 Å². The number of ether oxygens (including phenoxy) is 2. The van der Waals surface area contributed by atoms with Gasteiger partial charge in [-0.1, -0.05) is 18.2 Å². The molecule has 0 aliphatic heterocycles. The summed E-state index contributed by atoms with van der Waals surface area (Å²) in [6.45, 7) is 2.13. The molecule has 1 N–H and O–H groups in total. The summed E-state index contributed by atoms with van der Waals surface area (Å²) in [5.41, 5.74) is 1.50. The Morgan fingerprint density at radius 3 is 2.48 bits per heavy atom. The van der Waals surface area contributed by atoms with Crippen molar-refractivity contribution in [1.29, 1.82) is 0 Å². The van der Waals surface area contributed by atoms with Crippen molar-refractivity contribution in [3.63, 3.8) is 0 Å². The van der Waals surface area contributed by atoms with Crippen molar-refractivity contribution >= 4 is 5.97 Å². The Balaban J connectivity index is 2.19. The fourth-order valence-corrected chi connectivity index (χ4v) is 3.29. The van der Waals surface area contributed by atoms with Gasteiger partial charge in [0, 0.05) is 12.2 Å². The van der Waals surface area contributed by atoms with E-state index in [1.165, 1.54) is 0 Å². The minimum Gasteiger partial charge on any atom is -0.481 e. The molecule has 140 valence electrons. The van der Waals surface area contributed by atoms with Crippen molar-refractivity contribution in [1.82, 2.24) is 0 Å². The van der Waals surface area contributed by atoms with Crippen LogP contribution < -0.4 is 4.74 Å². The van der Waals surface area contributed by atoms with E-state index < -0.39 is 24.7 Å². The number of hydrogen-bond donors (Lipinski definition) is 1. The normalized spacial score (nSPS) is 21.1. The number of rotatable bonds is 7. The van der Waals surface area contributed by atoms with Gasteiger partial charge in [-0.15, -0.1) is 0 Å². The lowest BCUT2D eigenvalue weighted by Gasteiger charge is -2.31. The molecule has 0 saturated heterocycles. The van der Waals surface area contributed by atoms with Crippen LogP contribution in [0.4, 0.5) is 13.2 Å². The summed E-state index contributed by atoms with van der Waals surface area (Å²) in [6.07, 6.45) is -3.16. The second kappa shape index (κ2) is 8.56. The molecule has 1 aromatic rings. The van der Waals surface area contributed by atoms with Crippen LogP contribution in [-0.4, -0.2) is 30.5 Å². The Morgan fingerprint density at radius 2 is 1.92 bits per heavy atom. The highest BCUT2D eigenvalue weighted by Gasteiger charge is 2.42. The van der Waals surface area contributed by atoms with E-state index in [1.54, 1.807) is 6.07 Å². The molecule has 0 atom stereocenters. The molecule has 0 bridgehead atoms. The van der Waals surface area contributed by atoms with Crippen LogP contribution in [0, 0.1) is 5.92 Å². The number of hydrogen-bond acceptors (Lipinski definition) is 3. The quantitative estimate of drug-likeness (QED) is 0.777. The number of carboxylic acids is 1. The monoisotopic (exact) mass is 360 g/mol. The molecule has 0 aromatic heterocycles. The largest absolute Gasteiger partial charge is 0.481 e. The van der Waals surface area contributed by atoms with Crippen LogP contribution in [0.15, 0.2) is 18.2 Å². The summed E-state index contributed by atoms with van der Waals surface area (Å²) in [6, 6.07) is 5.41. The van der Waals surface area contributed by atoms with Crippen molar-refractivity contribution in [3.8, 4) is 5.75 Å². The molecule has 0 spiro atoms. The first-order chi connectivity index (χ1) is 11.8. The van der Waals surface area contributed by atoms with Crippen molar-refractivity contribution in [2.75, 3.05) is 13.2 Å². The van der Waals surface area contributed by atoms with Gasteiger partial charge >= 0.3 is 12.1 Å². The summed E-state index contributed by atoms with van der Waals surface area (Å²) in [4.78, 5) is 10.9. The molecule has 0 unspecified atom stereocenters. The van der Waals surface area contributed by atoms with Crippen LogP contribution in [-0.2, 0) is 16.1 Å². The number of halogens is 3. The van der Waals surface area contributed by atoms with Crippen LogP contribution in [0.2, 0.25) is 0 Å². The predicted molar refractivity (Wildman–Crippen MR) is 85.7 cm³/mol. The average molecular weight is 360 g/mol. The molecule has 2 rings (SSSR count). The van der Waals surface area contributed by atoms with Gasteiger partial charge < -0.3 is 14.6 Å². The molecule has 0 heterocycles. The lowest BCUT2D eigenvalue weighted by atomic mass is 9.78. The van der Waals surface area contributed by atoms with Crippen molar-refractivity contribution < 1.29 is 32.5 Å². The van der Waals surface area contributed by atoms with Crippen molar-refractivity contribution in [2.45, 2.75) is 51.3 Å². The van der Waals surface area contributed by atoms with Gasteiger partial charge in [0.15, 0.2) is 6.61 Å². The molecule has 4 nitrogen and oxygen atoms in total. The third kappa shape index (κ3) is 5.36. The summed E-state index contributed by atoms with van der Waals surface area (Å²) in [5, 5.41) is 8.89. The van der Waals surface area contributed by atoms with E-state index >= 15 is 0 Å². The first kappa shape index (κ1) is 19.6. The molecule has 25 heavy (non-hydrogen) atoms. The predicted octanol–water partition coefficient (Wildman–Crippen LogP) is 4.52. The number of para-hydroxylation sites is 1. The summed E-state index contributed by atoms with van der Waals surface area (Å²) in [7, 11) is 0. The van der Waals surface area contributed by atoms with E-state index in [-0.39, 0.29) is 25.4 Å². The Bertz CT molecular complexity index is 578. The lowest BCUT2D eigenvalue weighted by Crippen LogP contribution is -2.27. The molecule has 1 fully saturated rings. The third-order valence-corrected chi connectivity index (χ3v) is 4.56. The van der Waals surface area contributed by atoms with Gasteiger partial charge in [0.25, 0.3) is 0 Å². The number of alkyl halides is 3. The molecular weight excluding hydrogens is 337 g/mol. The van der Waals surface area contributed by atoms with E-state index in [1.807, 2.05) is 19.1 Å². The van der Waals surface area contributed by atoms with Crippen LogP contribution in [0.25, 0.3) is 0 Å². The van der Waals surface area contributed by atoms with Crippen LogP contribution >= 0.6 is 0 Å². The number of aliphatic carboxylic acids is 1. The van der Waals surface area contributed by atoms with Gasteiger partial charge in [-0.25, -0.2) is 4.79 Å². The minimum atomic E-state index is -4.15. The summed E-state index contributed by atoms with van der Waals surface area (Å²) < 4.78 is 49.4. The number of benzene rings is 1. The maximum absolute atomic E-state index is 12.9. The average Bonchev–Trinajstić information content (AvgIpc) is 2.57. The Hall–Kier alpha value is -1.76. The second-order valence-electron chi connectivity index (χ2n) is 6.25. The summed E-state index contributed by atoms with van der Waals surface area (Å²) >= 11 is 0. The van der Waals surface area contributed by atoms with Gasteiger partial charge in [-0.05, 0) is 44.1 Å². The van der Waals surface area contributed by atoms with Gasteiger partial charge in [-0.3, -0.25) is 0 Å². The van der Waals surface area contributed by atoms with E-state index in [2.05, 4.69) is 0 Å². The lowest BCUT2D eigenvalue weighted by molar-refractivity contribution is -0.182. The SMILES string of the molecule is CCOCc1cccc(C2CCC(C(F)(F)F)CC2)c1OCC(=O)O. The highest BCUT2D eigenvalue weighted by molar-refractivity contribution is 5.68. The zero-order chi connectivity index (χ0) is 18.4. The van der Waals surface area contributed by atoms with E-state index in [0.29, 0.717) is 25.2 Å². The minimum absolute atomic E-state index is 0.0658. The van der Waals surface area contributed by atoms with Crippen LogP contribution in [0.3, 0.4) is 0 Å². The van der Waals surface area contributed by atoms with E-state index in [0.717, 1.165) is 11.1 Å². The van der Waals surface area contributed by atoms with E-state index in [9.17, 15) is 18.0 Å². The molecular formula is C18H23F3O4. The highest BCUT2D eigenvalue weighted by Crippen LogP contribution is 2.45. The smallest absolute Gasteiger partial charge is 0.391 e. The van der Waals surface area contributed by atoms with Gasteiger partial charge in [0.2, 0.25) is 0 Å². The molecule has 1 saturated carbocycles. The molecule has 7 heteroatoms. The topological polar surface area (TPSA) is 55.8 Å². The molecule has 1 aliphatic rings. The first-order valence-electron chi connectivity index (χ1n) is 8.43. The zero-order valence-electron chi connectivity index (χ0n) is 14.1. The molecule has 0 radical (unpaired) electrons. The van der Waals surface area contributed by atoms with E-state index in [4.69, 9.17) is 14.6 Å². The van der Waals surface area contributed by atoms with Gasteiger partial charge in [0.05, 0.1) is 12.5 Å². The number of carbonyl (C=O) groups is 1. The maximum atomic E-state index is 12.9. The molecule has 1 aromatic carbocycles.